The molecule has 0 spiro atoms. The third kappa shape index (κ3) is 8.63. The lowest BCUT2D eigenvalue weighted by Crippen LogP contribution is -2.57. The number of hydrogen-bond acceptors (Lipinski definition) is 7. The SMILES string of the molecule is CC1(C)CC(CC(=O)c2ccc(COc3cccc(-c4ccc(NCCN5CCOCC5)nc4)c3)cc2)CC(C)(C)N1. The van der Waals surface area contributed by atoms with E-state index >= 15 is 0 Å². The third-order valence-corrected chi connectivity index (χ3v) is 8.20. The van der Waals surface area contributed by atoms with E-state index in [4.69, 9.17) is 9.47 Å². The third-order valence-electron chi connectivity index (χ3n) is 8.20. The van der Waals surface area contributed by atoms with Crippen molar-refractivity contribution in [3.63, 3.8) is 0 Å². The van der Waals surface area contributed by atoms with Crippen LogP contribution in [0.4, 0.5) is 5.82 Å². The summed E-state index contributed by atoms with van der Waals surface area (Å²) < 4.78 is 11.5. The van der Waals surface area contributed by atoms with Crippen LogP contribution >= 0.6 is 0 Å². The van der Waals surface area contributed by atoms with E-state index in [-0.39, 0.29) is 16.9 Å². The predicted octanol–water partition coefficient (Wildman–Crippen LogP) is 6.20. The van der Waals surface area contributed by atoms with Crippen LogP contribution in [0, 0.1) is 5.92 Å². The highest BCUT2D eigenvalue weighted by Gasteiger charge is 2.38. The number of ketones is 1. The number of rotatable bonds is 11. The zero-order valence-corrected chi connectivity index (χ0v) is 25.6. The molecule has 2 fully saturated rings. The number of nitrogens with one attached hydrogen (secondary N) is 2. The molecule has 2 aromatic carbocycles. The fourth-order valence-electron chi connectivity index (χ4n) is 6.61. The first-order valence-electron chi connectivity index (χ1n) is 15.3. The lowest BCUT2D eigenvalue weighted by Gasteiger charge is -2.46. The summed E-state index contributed by atoms with van der Waals surface area (Å²) in [5, 5.41) is 7.12. The number of anilines is 1. The Labute approximate surface area is 251 Å². The minimum Gasteiger partial charge on any atom is -0.489 e. The molecular weight excluding hydrogens is 524 g/mol. The van der Waals surface area contributed by atoms with Gasteiger partial charge in [-0.3, -0.25) is 9.69 Å². The summed E-state index contributed by atoms with van der Waals surface area (Å²) >= 11 is 0. The summed E-state index contributed by atoms with van der Waals surface area (Å²) in [6, 6.07) is 20.1. The molecule has 0 unspecified atom stereocenters. The molecule has 2 N–H and O–H groups in total. The van der Waals surface area contributed by atoms with Crippen molar-refractivity contribution in [3.05, 3.63) is 78.0 Å². The Morgan fingerprint density at radius 1 is 1.00 bits per heavy atom. The Morgan fingerprint density at radius 3 is 2.43 bits per heavy atom. The second-order valence-electron chi connectivity index (χ2n) is 13.1. The number of pyridine rings is 1. The molecule has 3 aromatic rings. The number of aromatic nitrogens is 1. The van der Waals surface area contributed by atoms with Crippen LogP contribution in [0.3, 0.4) is 0 Å². The smallest absolute Gasteiger partial charge is 0.163 e. The van der Waals surface area contributed by atoms with Gasteiger partial charge < -0.3 is 20.1 Å². The molecule has 7 heteroatoms. The molecule has 0 aliphatic carbocycles. The number of Topliss-reactive ketones (excluding diaryl/α,β-unsaturated/α-hetero) is 1. The number of ether oxygens (including phenoxy) is 2. The van der Waals surface area contributed by atoms with Crippen LogP contribution in [0.25, 0.3) is 11.1 Å². The van der Waals surface area contributed by atoms with Gasteiger partial charge in [0.05, 0.1) is 13.2 Å². The monoisotopic (exact) mass is 570 g/mol. The van der Waals surface area contributed by atoms with Crippen LogP contribution in [0.5, 0.6) is 5.75 Å². The van der Waals surface area contributed by atoms with Gasteiger partial charge in [0.15, 0.2) is 5.78 Å². The molecule has 0 atom stereocenters. The van der Waals surface area contributed by atoms with Gasteiger partial charge in [-0.05, 0) is 81.8 Å². The minimum absolute atomic E-state index is 0.0472. The van der Waals surface area contributed by atoms with Crippen molar-refractivity contribution in [2.45, 2.75) is 64.6 Å². The van der Waals surface area contributed by atoms with Crippen molar-refractivity contribution in [2.75, 3.05) is 44.7 Å². The summed E-state index contributed by atoms with van der Waals surface area (Å²) in [6.45, 7) is 14.8. The van der Waals surface area contributed by atoms with Gasteiger partial charge in [0.2, 0.25) is 0 Å². The van der Waals surface area contributed by atoms with E-state index < -0.39 is 0 Å². The number of carbonyl (C=O) groups is 1. The Hall–Kier alpha value is -3.26. The summed E-state index contributed by atoms with van der Waals surface area (Å²) in [7, 11) is 0. The van der Waals surface area contributed by atoms with Gasteiger partial charge in [-0.2, -0.15) is 0 Å². The maximum atomic E-state index is 13.1. The molecule has 0 bridgehead atoms. The highest BCUT2D eigenvalue weighted by atomic mass is 16.5. The number of nitrogens with zero attached hydrogens (tertiary/aromatic N) is 2. The van der Waals surface area contributed by atoms with E-state index in [1.165, 1.54) is 0 Å². The lowest BCUT2D eigenvalue weighted by atomic mass is 9.74. The summed E-state index contributed by atoms with van der Waals surface area (Å²) in [4.78, 5) is 20.1. The first kappa shape index (κ1) is 30.2. The number of morpholine rings is 1. The quantitative estimate of drug-likeness (QED) is 0.266. The second-order valence-corrected chi connectivity index (χ2v) is 13.1. The van der Waals surface area contributed by atoms with Gasteiger partial charge in [-0.15, -0.1) is 0 Å². The average molecular weight is 571 g/mol. The van der Waals surface area contributed by atoms with Gasteiger partial charge in [0.25, 0.3) is 0 Å². The Kier molecular flexibility index (Phi) is 9.61. The van der Waals surface area contributed by atoms with Gasteiger partial charge in [-0.1, -0.05) is 36.4 Å². The highest BCUT2D eigenvalue weighted by Crippen LogP contribution is 2.35. The summed E-state index contributed by atoms with van der Waals surface area (Å²) in [5.74, 6) is 2.30. The van der Waals surface area contributed by atoms with Crippen molar-refractivity contribution >= 4 is 11.6 Å². The predicted molar refractivity (Wildman–Crippen MR) is 169 cm³/mol. The van der Waals surface area contributed by atoms with Crippen LogP contribution in [-0.2, 0) is 11.3 Å². The van der Waals surface area contributed by atoms with Crippen molar-refractivity contribution in [1.82, 2.24) is 15.2 Å². The zero-order chi connectivity index (χ0) is 29.6. The molecule has 2 aliphatic rings. The molecule has 224 valence electrons. The van der Waals surface area contributed by atoms with Crippen molar-refractivity contribution < 1.29 is 14.3 Å². The fraction of sp³-hybridized carbons (Fsp3) is 0.486. The van der Waals surface area contributed by atoms with E-state index in [0.29, 0.717) is 18.9 Å². The Bertz CT molecular complexity index is 1300. The first-order valence-corrected chi connectivity index (χ1v) is 15.3. The van der Waals surface area contributed by atoms with Crippen LogP contribution in [0.1, 0.15) is 62.9 Å². The van der Waals surface area contributed by atoms with Crippen LogP contribution < -0.4 is 15.4 Å². The molecule has 3 heterocycles. The number of piperidine rings is 1. The number of benzene rings is 2. The molecule has 0 radical (unpaired) electrons. The van der Waals surface area contributed by atoms with Gasteiger partial charge in [0.1, 0.15) is 18.2 Å². The van der Waals surface area contributed by atoms with Gasteiger partial charge >= 0.3 is 0 Å². The second kappa shape index (κ2) is 13.4. The van der Waals surface area contributed by atoms with E-state index in [2.05, 4.69) is 60.3 Å². The van der Waals surface area contributed by atoms with Crippen LogP contribution in [0.2, 0.25) is 0 Å². The van der Waals surface area contributed by atoms with E-state index in [9.17, 15) is 4.79 Å². The Balaban J connectivity index is 1.10. The van der Waals surface area contributed by atoms with Crippen molar-refractivity contribution in [3.8, 4) is 16.9 Å². The van der Waals surface area contributed by atoms with E-state index in [1.54, 1.807) is 0 Å². The summed E-state index contributed by atoms with van der Waals surface area (Å²) in [6.07, 6.45) is 4.52. The molecule has 7 nitrogen and oxygen atoms in total. The van der Waals surface area contributed by atoms with Crippen molar-refractivity contribution in [1.29, 1.82) is 0 Å². The first-order chi connectivity index (χ1) is 20.1. The van der Waals surface area contributed by atoms with Crippen LogP contribution in [-0.4, -0.2) is 66.1 Å². The molecule has 2 aliphatic heterocycles. The molecule has 0 amide bonds. The maximum Gasteiger partial charge on any atom is 0.163 e. The van der Waals surface area contributed by atoms with E-state index in [1.807, 2.05) is 54.7 Å². The zero-order valence-electron chi connectivity index (χ0n) is 25.6. The summed E-state index contributed by atoms with van der Waals surface area (Å²) in [5.41, 5.74) is 4.02. The molecule has 2 saturated heterocycles. The average Bonchev–Trinajstić information content (AvgIpc) is 2.96. The molecule has 0 saturated carbocycles. The van der Waals surface area contributed by atoms with Gasteiger partial charge in [-0.25, -0.2) is 4.98 Å². The number of carbonyl (C=O) groups excluding carboxylic acids is 1. The standard InChI is InChI=1S/C35H46N4O3/c1-34(2)22-27(23-35(3,4)38-34)20-32(40)28-10-8-26(9-11-28)25-42-31-7-5-6-29(21-31)30-12-13-33(37-24-30)36-14-15-39-16-18-41-19-17-39/h5-13,21,24,27,38H,14-20,22-23,25H2,1-4H3,(H,36,37). The lowest BCUT2D eigenvalue weighted by molar-refractivity contribution is 0.0398. The van der Waals surface area contributed by atoms with E-state index in [0.717, 1.165) is 86.1 Å². The fourth-order valence-corrected chi connectivity index (χ4v) is 6.61. The maximum absolute atomic E-state index is 13.1. The molecular formula is C35H46N4O3. The molecule has 1 aromatic heterocycles. The molecule has 42 heavy (non-hydrogen) atoms. The van der Waals surface area contributed by atoms with Crippen LogP contribution in [0.15, 0.2) is 66.9 Å². The van der Waals surface area contributed by atoms with Crippen molar-refractivity contribution in [2.24, 2.45) is 5.92 Å². The molecule has 5 rings (SSSR count). The topological polar surface area (TPSA) is 75.7 Å². The number of hydrogen-bond donors (Lipinski definition) is 2. The Morgan fingerprint density at radius 2 is 1.74 bits per heavy atom. The highest BCUT2D eigenvalue weighted by molar-refractivity contribution is 5.96. The minimum atomic E-state index is 0.0472. The van der Waals surface area contributed by atoms with Gasteiger partial charge in [0, 0.05) is 61.0 Å². The largest absolute Gasteiger partial charge is 0.489 e. The normalized spacial score (nSPS) is 18.9.